The quantitative estimate of drug-likeness (QED) is 0.477. The average Bonchev–Trinajstić information content (AvgIpc) is 3.25. The molecule has 2 heterocycles. The Morgan fingerprint density at radius 2 is 2.14 bits per heavy atom. The number of nitrogens with one attached hydrogen (secondary N) is 1. The van der Waals surface area contributed by atoms with Gasteiger partial charge in [-0.1, -0.05) is 31.5 Å². The van der Waals surface area contributed by atoms with Crippen LogP contribution in [-0.4, -0.2) is 30.8 Å². The number of carbonyl (C=O) groups is 1. The molecule has 0 unspecified atom stereocenters. The van der Waals surface area contributed by atoms with Gasteiger partial charge in [0.05, 0.1) is 22.0 Å². The first kappa shape index (κ1) is 19.6. The topological polar surface area (TPSA) is 116 Å². The van der Waals surface area contributed by atoms with Gasteiger partial charge in [0, 0.05) is 17.0 Å². The number of benzene rings is 1. The zero-order valence-electron chi connectivity index (χ0n) is 15.8. The second-order valence-electron chi connectivity index (χ2n) is 6.16. The fourth-order valence-electron chi connectivity index (χ4n) is 2.82. The van der Waals surface area contributed by atoms with Gasteiger partial charge in [-0.25, -0.2) is 9.67 Å². The lowest BCUT2D eigenvalue weighted by Gasteiger charge is -2.03. The highest BCUT2D eigenvalue weighted by Crippen LogP contribution is 2.25. The van der Waals surface area contributed by atoms with Gasteiger partial charge in [-0.2, -0.15) is 0 Å². The molecule has 146 valence electrons. The monoisotopic (exact) mass is 400 g/mol. The number of rotatable bonds is 7. The van der Waals surface area contributed by atoms with Crippen molar-refractivity contribution >= 4 is 28.1 Å². The van der Waals surface area contributed by atoms with E-state index in [4.69, 9.17) is 0 Å². The minimum absolute atomic E-state index is 0.0586. The summed E-state index contributed by atoms with van der Waals surface area (Å²) in [6.45, 7) is 5.84. The number of amides is 1. The Morgan fingerprint density at radius 3 is 2.82 bits per heavy atom. The first-order valence-electron chi connectivity index (χ1n) is 8.91. The number of aromatic nitrogens is 4. The van der Waals surface area contributed by atoms with Crippen LogP contribution in [0, 0.1) is 17.0 Å². The Bertz CT molecular complexity index is 1030. The van der Waals surface area contributed by atoms with Crippen LogP contribution in [0.1, 0.15) is 47.0 Å². The van der Waals surface area contributed by atoms with Gasteiger partial charge in [0.2, 0.25) is 0 Å². The van der Waals surface area contributed by atoms with E-state index in [9.17, 15) is 14.9 Å². The maximum atomic E-state index is 12.7. The van der Waals surface area contributed by atoms with Crippen molar-refractivity contribution in [3.63, 3.8) is 0 Å². The van der Waals surface area contributed by atoms with Crippen LogP contribution in [0.5, 0.6) is 0 Å². The van der Waals surface area contributed by atoms with E-state index in [1.54, 1.807) is 19.1 Å². The fraction of sp³-hybridized carbons (Fsp3) is 0.333. The molecule has 0 saturated carbocycles. The van der Waals surface area contributed by atoms with Crippen LogP contribution >= 0.6 is 11.3 Å². The largest absolute Gasteiger partial charge is 0.296 e. The van der Waals surface area contributed by atoms with E-state index in [-0.39, 0.29) is 11.4 Å². The van der Waals surface area contributed by atoms with Gasteiger partial charge < -0.3 is 0 Å². The average molecular weight is 400 g/mol. The summed E-state index contributed by atoms with van der Waals surface area (Å²) in [7, 11) is 0. The maximum Gasteiger partial charge on any atom is 0.279 e. The van der Waals surface area contributed by atoms with Gasteiger partial charge in [0.25, 0.3) is 11.6 Å². The first-order chi connectivity index (χ1) is 13.4. The van der Waals surface area contributed by atoms with Crippen molar-refractivity contribution in [2.75, 3.05) is 5.32 Å². The first-order valence-corrected chi connectivity index (χ1v) is 9.73. The molecule has 0 aliphatic rings. The number of nitro benzene ring substituents is 1. The minimum atomic E-state index is -0.481. The Kier molecular flexibility index (Phi) is 5.78. The zero-order chi connectivity index (χ0) is 20.3. The second kappa shape index (κ2) is 8.26. The van der Waals surface area contributed by atoms with E-state index in [2.05, 4.69) is 34.5 Å². The highest BCUT2D eigenvalue weighted by Gasteiger charge is 2.20. The smallest absolute Gasteiger partial charge is 0.279 e. The van der Waals surface area contributed by atoms with Crippen molar-refractivity contribution in [1.29, 1.82) is 0 Å². The molecule has 0 spiro atoms. The number of carbonyl (C=O) groups excluding carboxylic acids is 1. The van der Waals surface area contributed by atoms with Gasteiger partial charge in [-0.3, -0.25) is 20.2 Å². The number of non-ortho nitro benzene ring substituents is 1. The number of thiazole rings is 1. The Hall–Kier alpha value is -3.14. The molecule has 3 aromatic rings. The molecule has 10 heteroatoms. The maximum absolute atomic E-state index is 12.7. The number of anilines is 1. The standard InChI is InChI=1S/C18H20N6O3S/c1-4-7-14-15(5-2)28-18(19-14)20-17(25)16-11(3)23(22-21-16)12-8-6-9-13(10-12)24(26)27/h6,8-10H,4-5,7H2,1-3H3,(H,19,20,25). The lowest BCUT2D eigenvalue weighted by atomic mass is 10.2. The van der Waals surface area contributed by atoms with Crippen molar-refractivity contribution in [2.24, 2.45) is 0 Å². The van der Waals surface area contributed by atoms with E-state index < -0.39 is 10.8 Å². The van der Waals surface area contributed by atoms with Crippen LogP contribution in [0.25, 0.3) is 5.69 Å². The molecule has 0 atom stereocenters. The normalized spacial score (nSPS) is 10.8. The van der Waals surface area contributed by atoms with Crippen molar-refractivity contribution in [1.82, 2.24) is 20.0 Å². The van der Waals surface area contributed by atoms with Crippen molar-refractivity contribution in [3.8, 4) is 5.69 Å². The third-order valence-electron chi connectivity index (χ3n) is 4.20. The molecule has 3 rings (SSSR count). The molecule has 1 amide bonds. The number of nitrogens with zero attached hydrogens (tertiary/aromatic N) is 5. The molecule has 0 bridgehead atoms. The zero-order valence-corrected chi connectivity index (χ0v) is 16.6. The highest BCUT2D eigenvalue weighted by atomic mass is 32.1. The molecule has 1 N–H and O–H groups in total. The van der Waals surface area contributed by atoms with E-state index in [0.717, 1.165) is 29.8 Å². The van der Waals surface area contributed by atoms with E-state index in [0.29, 0.717) is 16.5 Å². The molecule has 2 aromatic heterocycles. The Morgan fingerprint density at radius 1 is 1.36 bits per heavy atom. The molecule has 1 aromatic carbocycles. The lowest BCUT2D eigenvalue weighted by molar-refractivity contribution is -0.384. The third kappa shape index (κ3) is 3.91. The van der Waals surface area contributed by atoms with Crippen molar-refractivity contribution in [3.05, 3.63) is 56.3 Å². The molecular formula is C18H20N6O3S. The van der Waals surface area contributed by atoms with Crippen LogP contribution in [0.15, 0.2) is 24.3 Å². The highest BCUT2D eigenvalue weighted by molar-refractivity contribution is 7.15. The molecular weight excluding hydrogens is 380 g/mol. The summed E-state index contributed by atoms with van der Waals surface area (Å²) in [5, 5.41) is 22.2. The Balaban J connectivity index is 1.84. The summed E-state index contributed by atoms with van der Waals surface area (Å²) >= 11 is 1.46. The van der Waals surface area contributed by atoms with E-state index >= 15 is 0 Å². The molecule has 28 heavy (non-hydrogen) atoms. The number of hydrogen-bond donors (Lipinski definition) is 1. The Labute approximate surface area is 165 Å². The summed E-state index contributed by atoms with van der Waals surface area (Å²) in [5.74, 6) is -0.409. The number of aryl methyl sites for hydroxylation is 2. The minimum Gasteiger partial charge on any atom is -0.296 e. The molecule has 9 nitrogen and oxygen atoms in total. The molecule has 0 fully saturated rings. The van der Waals surface area contributed by atoms with Crippen molar-refractivity contribution in [2.45, 2.75) is 40.0 Å². The summed E-state index contributed by atoms with van der Waals surface area (Å²) in [6.07, 6.45) is 2.73. The van der Waals surface area contributed by atoms with E-state index in [1.807, 2.05) is 0 Å². The van der Waals surface area contributed by atoms with Gasteiger partial charge in [-0.15, -0.1) is 16.4 Å². The summed E-state index contributed by atoms with van der Waals surface area (Å²) in [5.41, 5.74) is 2.06. The van der Waals surface area contributed by atoms with Crippen LogP contribution < -0.4 is 5.32 Å². The molecule has 0 aliphatic carbocycles. The van der Waals surface area contributed by atoms with Crippen LogP contribution in [0.4, 0.5) is 10.8 Å². The number of hydrogen-bond acceptors (Lipinski definition) is 7. The van der Waals surface area contributed by atoms with Crippen LogP contribution in [0.2, 0.25) is 0 Å². The predicted molar refractivity (Wildman–Crippen MR) is 106 cm³/mol. The van der Waals surface area contributed by atoms with Gasteiger partial charge in [0.15, 0.2) is 10.8 Å². The predicted octanol–water partition coefficient (Wildman–Crippen LogP) is 3.71. The van der Waals surface area contributed by atoms with Crippen LogP contribution in [0.3, 0.4) is 0 Å². The van der Waals surface area contributed by atoms with Gasteiger partial charge >= 0.3 is 0 Å². The molecule has 0 aliphatic heterocycles. The van der Waals surface area contributed by atoms with Crippen molar-refractivity contribution < 1.29 is 9.72 Å². The van der Waals surface area contributed by atoms with Crippen LogP contribution in [-0.2, 0) is 12.8 Å². The third-order valence-corrected chi connectivity index (χ3v) is 5.36. The summed E-state index contributed by atoms with van der Waals surface area (Å²) in [4.78, 5) is 28.8. The fourth-order valence-corrected chi connectivity index (χ4v) is 3.77. The van der Waals surface area contributed by atoms with Gasteiger partial charge in [0.1, 0.15) is 0 Å². The van der Waals surface area contributed by atoms with E-state index in [1.165, 1.54) is 28.2 Å². The number of nitro groups is 1. The molecule has 0 radical (unpaired) electrons. The lowest BCUT2D eigenvalue weighted by Crippen LogP contribution is -2.14. The molecule has 0 saturated heterocycles. The summed E-state index contributed by atoms with van der Waals surface area (Å²) < 4.78 is 1.41. The summed E-state index contributed by atoms with van der Waals surface area (Å²) in [6, 6.07) is 6.01. The van der Waals surface area contributed by atoms with Gasteiger partial charge in [-0.05, 0) is 25.8 Å². The SMILES string of the molecule is CCCc1nc(NC(=O)c2nnn(-c3cccc([N+](=O)[O-])c3)c2C)sc1CC. The second-order valence-corrected chi connectivity index (χ2v) is 7.24.